The van der Waals surface area contributed by atoms with Crippen LogP contribution in [0.5, 0.6) is 0 Å². The van der Waals surface area contributed by atoms with E-state index in [1.54, 1.807) is 31.3 Å². The fraction of sp³-hybridized carbons (Fsp3) is 0.154. The van der Waals surface area contributed by atoms with E-state index in [0.717, 1.165) is 5.03 Å². The molecule has 1 N–H and O–H groups in total. The van der Waals surface area contributed by atoms with Crippen molar-refractivity contribution in [3.63, 3.8) is 0 Å². The van der Waals surface area contributed by atoms with Gasteiger partial charge in [-0.15, -0.1) is 0 Å². The smallest absolute Gasteiger partial charge is 0.234 e. The Kier molecular flexibility index (Phi) is 4.46. The predicted molar refractivity (Wildman–Crippen MR) is 72.5 cm³/mol. The Hall–Kier alpha value is -1.95. The average Bonchev–Trinajstić information content (AvgIpc) is 2.42. The Morgan fingerprint density at radius 1 is 1.42 bits per heavy atom. The summed E-state index contributed by atoms with van der Waals surface area (Å²) in [6.07, 6.45) is 3.04. The Morgan fingerprint density at radius 3 is 2.95 bits per heavy atom. The molecule has 1 aromatic heterocycles. The van der Waals surface area contributed by atoms with E-state index in [1.807, 2.05) is 0 Å². The van der Waals surface area contributed by atoms with Crippen LogP contribution in [-0.2, 0) is 4.79 Å². The predicted octanol–water partition coefficient (Wildman–Crippen LogP) is 2.65. The topological polar surface area (TPSA) is 54.9 Å². The van der Waals surface area contributed by atoms with Crippen molar-refractivity contribution in [1.29, 1.82) is 0 Å². The fourth-order valence-electron chi connectivity index (χ4n) is 1.37. The number of amides is 1. The number of carbonyl (C=O) groups excluding carboxylic acids is 1. The molecule has 0 saturated carbocycles. The van der Waals surface area contributed by atoms with Crippen LogP contribution in [0.1, 0.15) is 5.56 Å². The number of thioether (sulfide) groups is 1. The summed E-state index contributed by atoms with van der Waals surface area (Å²) in [5.74, 6) is -0.319. The minimum absolute atomic E-state index is 0.202. The summed E-state index contributed by atoms with van der Waals surface area (Å²) in [7, 11) is 0. The Labute approximate surface area is 114 Å². The van der Waals surface area contributed by atoms with Gasteiger partial charge in [-0.1, -0.05) is 17.8 Å². The van der Waals surface area contributed by atoms with Crippen molar-refractivity contribution in [3.8, 4) is 0 Å². The zero-order chi connectivity index (χ0) is 13.7. The third-order valence-corrected chi connectivity index (χ3v) is 3.31. The van der Waals surface area contributed by atoms with E-state index in [-0.39, 0.29) is 17.5 Å². The summed E-state index contributed by atoms with van der Waals surface area (Å²) in [5.41, 5.74) is 1.00. The maximum atomic E-state index is 13.3. The van der Waals surface area contributed by atoms with Crippen LogP contribution in [0, 0.1) is 12.7 Å². The molecule has 0 aliphatic heterocycles. The van der Waals surface area contributed by atoms with Gasteiger partial charge in [0.15, 0.2) is 0 Å². The van der Waals surface area contributed by atoms with Crippen LogP contribution in [0.15, 0.2) is 41.8 Å². The highest BCUT2D eigenvalue weighted by Crippen LogP contribution is 2.16. The zero-order valence-electron chi connectivity index (χ0n) is 10.3. The first-order valence-electron chi connectivity index (χ1n) is 5.60. The van der Waals surface area contributed by atoms with E-state index >= 15 is 0 Å². The molecule has 0 radical (unpaired) electrons. The molecule has 0 aliphatic carbocycles. The molecule has 98 valence electrons. The summed E-state index contributed by atoms with van der Waals surface area (Å²) in [6.45, 7) is 1.67. The number of carbonyl (C=O) groups is 1. The Bertz CT molecular complexity index is 577. The normalized spacial score (nSPS) is 10.2. The third kappa shape index (κ3) is 4.03. The van der Waals surface area contributed by atoms with Crippen LogP contribution in [0.4, 0.5) is 10.1 Å². The van der Waals surface area contributed by atoms with Crippen LogP contribution >= 0.6 is 11.8 Å². The maximum Gasteiger partial charge on any atom is 0.234 e. The molecule has 0 atom stereocenters. The highest BCUT2D eigenvalue weighted by molar-refractivity contribution is 7.99. The molecule has 0 spiro atoms. The van der Waals surface area contributed by atoms with Crippen molar-refractivity contribution in [2.24, 2.45) is 0 Å². The van der Waals surface area contributed by atoms with Gasteiger partial charge in [0.2, 0.25) is 5.91 Å². The standard InChI is InChI=1S/C13H12FN3OS/c1-9-2-3-10(6-11(9)14)17-12(18)7-19-13-4-5-15-8-16-13/h2-6,8H,7H2,1H3,(H,17,18). The van der Waals surface area contributed by atoms with Crippen molar-refractivity contribution in [2.45, 2.75) is 11.9 Å². The number of hydrogen-bond acceptors (Lipinski definition) is 4. The van der Waals surface area contributed by atoms with Gasteiger partial charge in [-0.2, -0.15) is 0 Å². The molecule has 1 aromatic carbocycles. The maximum absolute atomic E-state index is 13.3. The molecule has 0 fully saturated rings. The monoisotopic (exact) mass is 277 g/mol. The molecule has 1 heterocycles. The molecule has 0 bridgehead atoms. The number of nitrogens with one attached hydrogen (secondary N) is 1. The molecular weight excluding hydrogens is 265 g/mol. The summed E-state index contributed by atoms with van der Waals surface area (Å²) < 4.78 is 13.3. The molecule has 2 aromatic rings. The van der Waals surface area contributed by atoms with Crippen LogP contribution in [0.2, 0.25) is 0 Å². The summed E-state index contributed by atoms with van der Waals surface area (Å²) in [4.78, 5) is 19.5. The van der Waals surface area contributed by atoms with E-state index in [1.165, 1.54) is 24.2 Å². The Balaban J connectivity index is 1.89. The van der Waals surface area contributed by atoms with E-state index < -0.39 is 0 Å². The van der Waals surface area contributed by atoms with E-state index in [9.17, 15) is 9.18 Å². The lowest BCUT2D eigenvalue weighted by molar-refractivity contribution is -0.113. The van der Waals surface area contributed by atoms with Gasteiger partial charge < -0.3 is 5.32 Å². The van der Waals surface area contributed by atoms with Crippen molar-refractivity contribution in [3.05, 3.63) is 48.2 Å². The minimum Gasteiger partial charge on any atom is -0.325 e. The van der Waals surface area contributed by atoms with Crippen molar-refractivity contribution >= 4 is 23.4 Å². The van der Waals surface area contributed by atoms with Gasteiger partial charge in [-0.05, 0) is 30.7 Å². The van der Waals surface area contributed by atoms with Gasteiger partial charge in [0.1, 0.15) is 12.1 Å². The highest BCUT2D eigenvalue weighted by atomic mass is 32.2. The van der Waals surface area contributed by atoms with Crippen molar-refractivity contribution in [1.82, 2.24) is 9.97 Å². The van der Waals surface area contributed by atoms with Gasteiger partial charge in [-0.3, -0.25) is 4.79 Å². The van der Waals surface area contributed by atoms with E-state index in [0.29, 0.717) is 11.3 Å². The number of nitrogens with zero attached hydrogens (tertiary/aromatic N) is 2. The number of rotatable bonds is 4. The lowest BCUT2D eigenvalue weighted by atomic mass is 10.2. The molecule has 0 aliphatic rings. The summed E-state index contributed by atoms with van der Waals surface area (Å²) in [5, 5.41) is 3.36. The number of aromatic nitrogens is 2. The molecular formula is C13H12FN3OS. The van der Waals surface area contributed by atoms with Gasteiger partial charge in [0.05, 0.1) is 10.8 Å². The number of halogens is 1. The zero-order valence-corrected chi connectivity index (χ0v) is 11.1. The fourth-order valence-corrected chi connectivity index (χ4v) is 2.00. The number of hydrogen-bond donors (Lipinski definition) is 1. The number of anilines is 1. The second-order valence-electron chi connectivity index (χ2n) is 3.85. The number of aryl methyl sites for hydroxylation is 1. The first kappa shape index (κ1) is 13.5. The second-order valence-corrected chi connectivity index (χ2v) is 4.84. The lowest BCUT2D eigenvalue weighted by Gasteiger charge is -2.06. The van der Waals surface area contributed by atoms with Gasteiger partial charge >= 0.3 is 0 Å². The quantitative estimate of drug-likeness (QED) is 0.689. The van der Waals surface area contributed by atoms with Crippen molar-refractivity contribution in [2.75, 3.05) is 11.1 Å². The minimum atomic E-state index is -0.332. The molecule has 0 unspecified atom stereocenters. The van der Waals surface area contributed by atoms with Crippen LogP contribution in [0.3, 0.4) is 0 Å². The molecule has 19 heavy (non-hydrogen) atoms. The first-order valence-corrected chi connectivity index (χ1v) is 6.58. The summed E-state index contributed by atoms with van der Waals surface area (Å²) in [6, 6.07) is 6.33. The molecule has 1 amide bonds. The van der Waals surface area contributed by atoms with E-state index in [4.69, 9.17) is 0 Å². The first-order chi connectivity index (χ1) is 9.15. The highest BCUT2D eigenvalue weighted by Gasteiger charge is 2.06. The van der Waals surface area contributed by atoms with Crippen LogP contribution < -0.4 is 5.32 Å². The van der Waals surface area contributed by atoms with Crippen LogP contribution in [-0.4, -0.2) is 21.6 Å². The van der Waals surface area contributed by atoms with Gasteiger partial charge in [-0.25, -0.2) is 14.4 Å². The molecule has 2 rings (SSSR count). The average molecular weight is 277 g/mol. The Morgan fingerprint density at radius 2 is 2.26 bits per heavy atom. The van der Waals surface area contributed by atoms with Crippen LogP contribution in [0.25, 0.3) is 0 Å². The van der Waals surface area contributed by atoms with E-state index in [2.05, 4.69) is 15.3 Å². The lowest BCUT2D eigenvalue weighted by Crippen LogP contribution is -2.14. The van der Waals surface area contributed by atoms with Gasteiger partial charge in [0.25, 0.3) is 0 Å². The summed E-state index contributed by atoms with van der Waals surface area (Å²) >= 11 is 1.30. The second kappa shape index (κ2) is 6.29. The molecule has 0 saturated heterocycles. The SMILES string of the molecule is Cc1ccc(NC(=O)CSc2ccncn2)cc1F. The third-order valence-electron chi connectivity index (χ3n) is 2.36. The van der Waals surface area contributed by atoms with Crippen molar-refractivity contribution < 1.29 is 9.18 Å². The molecule has 6 heteroatoms. The number of benzene rings is 1. The molecule has 4 nitrogen and oxygen atoms in total. The largest absolute Gasteiger partial charge is 0.325 e. The van der Waals surface area contributed by atoms with Gasteiger partial charge in [0, 0.05) is 11.9 Å².